The molecule has 186 valence electrons. The van der Waals surface area contributed by atoms with Gasteiger partial charge in [0.25, 0.3) is 0 Å². The maximum absolute atomic E-state index is 13.3. The molecule has 1 atom stereocenters. The number of nitriles is 1. The summed E-state index contributed by atoms with van der Waals surface area (Å²) in [6.45, 7) is 0. The molecule has 6 heterocycles. The molecule has 1 amide bonds. The van der Waals surface area contributed by atoms with Gasteiger partial charge in [-0.3, -0.25) is 9.48 Å². The molecule has 0 aliphatic carbocycles. The summed E-state index contributed by atoms with van der Waals surface area (Å²) in [6, 6.07) is 7.34. The first-order valence-corrected chi connectivity index (χ1v) is 11.3. The van der Waals surface area contributed by atoms with E-state index in [1.54, 1.807) is 44.6 Å². The van der Waals surface area contributed by atoms with Gasteiger partial charge in [0.2, 0.25) is 5.91 Å². The Labute approximate surface area is 214 Å². The zero-order chi connectivity index (χ0) is 26.4. The lowest BCUT2D eigenvalue weighted by atomic mass is 9.94. The smallest absolute Gasteiger partial charge is 0.229 e. The van der Waals surface area contributed by atoms with Gasteiger partial charge in [0, 0.05) is 48.5 Å². The Bertz CT molecular complexity index is 1850. The van der Waals surface area contributed by atoms with Crippen LogP contribution in [0.15, 0.2) is 74.0 Å². The largest absolute Gasteiger partial charge is 0.369 e. The Hall–Kier alpha value is -5.64. The summed E-state index contributed by atoms with van der Waals surface area (Å²) < 4.78 is 19.5. The highest BCUT2D eigenvalue weighted by molar-refractivity contribution is 5.85. The Kier molecular flexibility index (Phi) is 5.27. The second kappa shape index (κ2) is 8.79. The van der Waals surface area contributed by atoms with E-state index in [9.17, 15) is 14.4 Å². The van der Waals surface area contributed by atoms with Crippen LogP contribution in [0.5, 0.6) is 0 Å². The molecule has 1 unspecified atom stereocenters. The number of nitrogens with zero attached hydrogens (tertiary/aromatic N) is 10. The van der Waals surface area contributed by atoms with Crippen molar-refractivity contribution in [3.05, 3.63) is 96.5 Å². The van der Waals surface area contributed by atoms with E-state index in [4.69, 9.17) is 5.73 Å². The number of hydrogen-bond acceptors (Lipinski definition) is 7. The number of pyridine rings is 2. The molecule has 0 fully saturated rings. The molecular weight excluding hydrogens is 489 g/mol. The van der Waals surface area contributed by atoms with Crippen LogP contribution in [-0.4, -0.2) is 49.8 Å². The van der Waals surface area contributed by atoms with E-state index < -0.39 is 17.6 Å². The van der Waals surface area contributed by atoms with Crippen molar-refractivity contribution < 1.29 is 9.18 Å². The van der Waals surface area contributed by atoms with Crippen molar-refractivity contribution in [2.45, 2.75) is 5.92 Å². The topological polar surface area (TPSA) is 151 Å². The highest BCUT2D eigenvalue weighted by atomic mass is 19.1. The second-order valence-electron chi connectivity index (χ2n) is 8.59. The highest BCUT2D eigenvalue weighted by Crippen LogP contribution is 2.29. The van der Waals surface area contributed by atoms with E-state index in [0.29, 0.717) is 33.7 Å². The van der Waals surface area contributed by atoms with E-state index in [1.807, 2.05) is 25.5 Å². The van der Waals surface area contributed by atoms with Gasteiger partial charge in [-0.1, -0.05) is 6.07 Å². The van der Waals surface area contributed by atoms with Crippen molar-refractivity contribution in [1.29, 1.82) is 5.26 Å². The van der Waals surface area contributed by atoms with Gasteiger partial charge in [-0.15, -0.1) is 0 Å². The average Bonchev–Trinajstić information content (AvgIpc) is 3.71. The average molecular weight is 507 g/mol. The number of aryl methyl sites for hydroxylation is 1. The van der Waals surface area contributed by atoms with E-state index in [1.165, 1.54) is 23.3 Å². The Morgan fingerprint density at radius 3 is 2.45 bits per heavy atom. The third-order valence-corrected chi connectivity index (χ3v) is 6.11. The third kappa shape index (κ3) is 3.86. The summed E-state index contributed by atoms with van der Waals surface area (Å²) in [4.78, 5) is 16.8. The fraction of sp³-hybridized carbons (Fsp3) is 0.0800. The van der Waals surface area contributed by atoms with Crippen LogP contribution in [0.4, 0.5) is 4.39 Å². The zero-order valence-electron chi connectivity index (χ0n) is 19.8. The molecule has 0 aliphatic rings. The number of nitrogens with two attached hydrogens (primary N) is 1. The molecule has 6 aromatic heterocycles. The summed E-state index contributed by atoms with van der Waals surface area (Å²) in [6.07, 6.45) is 13.9. The first-order valence-electron chi connectivity index (χ1n) is 11.3. The molecule has 13 heteroatoms. The van der Waals surface area contributed by atoms with Crippen LogP contribution in [-0.2, 0) is 11.8 Å². The Balaban J connectivity index is 1.42. The third-order valence-electron chi connectivity index (χ3n) is 6.11. The van der Waals surface area contributed by atoms with Gasteiger partial charge in [0.1, 0.15) is 11.6 Å². The number of primary amides is 1. The van der Waals surface area contributed by atoms with Crippen LogP contribution in [0.25, 0.3) is 28.1 Å². The van der Waals surface area contributed by atoms with Crippen molar-refractivity contribution in [2.24, 2.45) is 12.8 Å². The second-order valence-corrected chi connectivity index (χ2v) is 8.59. The molecule has 0 bridgehead atoms. The van der Waals surface area contributed by atoms with E-state index in [0.717, 1.165) is 17.3 Å². The predicted octanol–water partition coefficient (Wildman–Crippen LogP) is 2.13. The molecule has 2 N–H and O–H groups in total. The summed E-state index contributed by atoms with van der Waals surface area (Å²) in [5, 5.41) is 26.6. The van der Waals surface area contributed by atoms with Crippen LogP contribution >= 0.6 is 0 Å². The van der Waals surface area contributed by atoms with Gasteiger partial charge in [0.05, 0.1) is 48.2 Å². The van der Waals surface area contributed by atoms with Crippen LogP contribution in [0.3, 0.4) is 0 Å². The summed E-state index contributed by atoms with van der Waals surface area (Å²) in [5.74, 6) is -1.55. The molecular formula is C25H18FN11O. The van der Waals surface area contributed by atoms with Crippen LogP contribution in [0.2, 0.25) is 0 Å². The summed E-state index contributed by atoms with van der Waals surface area (Å²) in [7, 11) is 1.82. The van der Waals surface area contributed by atoms with Crippen molar-refractivity contribution in [1.82, 2.24) is 43.9 Å². The summed E-state index contributed by atoms with van der Waals surface area (Å²) >= 11 is 0. The standard InChI is InChI=1S/C25H18FN11O/c1-34-11-18(8-30-34)16-4-21(24-17(5-27)7-32-37(24)12-16)35-13-19(9-31-35)23(25(28)38)15-2-3-22(29-6-15)36-14-20(26)10-33-36/h2-4,6-14,23H,1H3,(H2,28,38). The van der Waals surface area contributed by atoms with Gasteiger partial charge >= 0.3 is 0 Å². The molecule has 0 aromatic carbocycles. The van der Waals surface area contributed by atoms with Crippen molar-refractivity contribution in [3.8, 4) is 28.7 Å². The normalized spacial score (nSPS) is 12.0. The lowest BCUT2D eigenvalue weighted by Crippen LogP contribution is -2.22. The van der Waals surface area contributed by atoms with Crippen LogP contribution < -0.4 is 5.73 Å². The molecule has 38 heavy (non-hydrogen) atoms. The number of halogens is 1. The number of carbonyl (C=O) groups is 1. The van der Waals surface area contributed by atoms with Crippen LogP contribution in [0, 0.1) is 17.1 Å². The molecule has 0 saturated carbocycles. The quantitative estimate of drug-likeness (QED) is 0.363. The summed E-state index contributed by atoms with van der Waals surface area (Å²) in [5.41, 5.74) is 10.0. The maximum Gasteiger partial charge on any atom is 0.229 e. The van der Waals surface area contributed by atoms with Gasteiger partial charge in [-0.25, -0.2) is 23.3 Å². The zero-order valence-corrected chi connectivity index (χ0v) is 19.8. The van der Waals surface area contributed by atoms with Crippen molar-refractivity contribution >= 4 is 11.4 Å². The Morgan fingerprint density at radius 2 is 1.79 bits per heavy atom. The first-order chi connectivity index (χ1) is 18.4. The van der Waals surface area contributed by atoms with E-state index in [-0.39, 0.29) is 0 Å². The van der Waals surface area contributed by atoms with E-state index >= 15 is 0 Å². The molecule has 12 nitrogen and oxygen atoms in total. The van der Waals surface area contributed by atoms with Crippen molar-refractivity contribution in [2.75, 3.05) is 0 Å². The molecule has 0 spiro atoms. The molecule has 6 rings (SSSR count). The maximum atomic E-state index is 13.3. The lowest BCUT2D eigenvalue weighted by molar-refractivity contribution is -0.118. The molecule has 0 aliphatic heterocycles. The first kappa shape index (κ1) is 22.8. The van der Waals surface area contributed by atoms with Gasteiger partial charge < -0.3 is 5.73 Å². The van der Waals surface area contributed by atoms with Gasteiger partial charge in [-0.05, 0) is 17.7 Å². The predicted molar refractivity (Wildman–Crippen MR) is 132 cm³/mol. The number of carbonyl (C=O) groups excluding carboxylic acids is 1. The Morgan fingerprint density at radius 1 is 0.947 bits per heavy atom. The van der Waals surface area contributed by atoms with E-state index in [2.05, 4.69) is 31.4 Å². The minimum atomic E-state index is -0.850. The van der Waals surface area contributed by atoms with Crippen LogP contribution in [0.1, 0.15) is 22.6 Å². The number of fused-ring (bicyclic) bond motifs is 1. The van der Waals surface area contributed by atoms with Gasteiger partial charge in [-0.2, -0.15) is 25.7 Å². The molecule has 0 radical (unpaired) electrons. The van der Waals surface area contributed by atoms with Crippen molar-refractivity contribution in [3.63, 3.8) is 0 Å². The monoisotopic (exact) mass is 507 g/mol. The SMILES string of the molecule is Cn1cc(-c2cc(-n3cc(C(C(N)=O)c4ccc(-n5cc(F)cn5)nc4)cn3)c3c(C#N)cnn3c2)cn1. The number of aromatic nitrogens is 9. The number of rotatable bonds is 6. The fourth-order valence-electron chi connectivity index (χ4n) is 4.35. The fourth-order valence-corrected chi connectivity index (χ4v) is 4.35. The van der Waals surface area contributed by atoms with Gasteiger partial charge in [0.15, 0.2) is 11.6 Å². The number of amides is 1. The highest BCUT2D eigenvalue weighted by Gasteiger charge is 2.24. The number of hydrogen-bond donors (Lipinski definition) is 1. The molecule has 6 aromatic rings. The minimum absolute atomic E-state index is 0.371. The molecule has 0 saturated heterocycles. The lowest BCUT2D eigenvalue weighted by Gasteiger charge is -2.12. The minimum Gasteiger partial charge on any atom is -0.369 e.